The number of rotatable bonds is 35. The van der Waals surface area contributed by atoms with Crippen LogP contribution in [0.1, 0.15) is 205 Å². The standard InChI is InChI=1S/C46H80ClN2O/c1-4-7-9-11-13-15-17-19-20-21-23-25-27-29-37-49(41-43-33-32-38-48(40-43)36-6-3)42-44-34-31-35-45(47)46(44)50-39-30-28-26-24-22-18-16-14-12-10-8-5-2/h31-35,38,40H,4-30,36-37,39,41-42H2,1-3H3/q+1. The number of hydrogen-bond donors (Lipinski definition) is 0. The molecule has 0 bridgehead atoms. The van der Waals surface area contributed by atoms with E-state index in [1.165, 1.54) is 172 Å². The normalized spacial score (nSPS) is 11.5. The summed E-state index contributed by atoms with van der Waals surface area (Å²) >= 11 is 6.77. The topological polar surface area (TPSA) is 16.4 Å². The van der Waals surface area contributed by atoms with Crippen LogP contribution in [0.15, 0.2) is 42.7 Å². The molecule has 286 valence electrons. The number of nitrogens with zero attached hydrogens (tertiary/aromatic N) is 2. The molecule has 0 aliphatic rings. The number of para-hydroxylation sites is 1. The average molecular weight is 713 g/mol. The summed E-state index contributed by atoms with van der Waals surface area (Å²) in [7, 11) is 0. The predicted molar refractivity (Wildman–Crippen MR) is 219 cm³/mol. The summed E-state index contributed by atoms with van der Waals surface area (Å²) in [5, 5.41) is 0.748. The molecule has 0 spiro atoms. The van der Waals surface area contributed by atoms with Gasteiger partial charge in [0.1, 0.15) is 12.3 Å². The zero-order valence-corrected chi connectivity index (χ0v) is 34.1. The van der Waals surface area contributed by atoms with Crippen molar-refractivity contribution in [3.05, 3.63) is 58.9 Å². The molecule has 0 fully saturated rings. The van der Waals surface area contributed by atoms with Gasteiger partial charge in [-0.3, -0.25) is 4.90 Å². The zero-order chi connectivity index (χ0) is 35.7. The lowest BCUT2D eigenvalue weighted by Crippen LogP contribution is -2.34. The van der Waals surface area contributed by atoms with E-state index in [-0.39, 0.29) is 0 Å². The van der Waals surface area contributed by atoms with Gasteiger partial charge in [-0.2, -0.15) is 0 Å². The Morgan fingerprint density at radius 2 is 1.04 bits per heavy atom. The summed E-state index contributed by atoms with van der Waals surface area (Å²) in [5.74, 6) is 0.900. The van der Waals surface area contributed by atoms with Crippen molar-refractivity contribution in [3.63, 3.8) is 0 Å². The van der Waals surface area contributed by atoms with Crippen molar-refractivity contribution in [2.75, 3.05) is 13.2 Å². The first kappa shape index (κ1) is 44.6. The Kier molecular flexibility index (Phi) is 28.6. The third kappa shape index (κ3) is 23.1. The van der Waals surface area contributed by atoms with E-state index < -0.39 is 0 Å². The molecule has 0 atom stereocenters. The largest absolute Gasteiger partial charge is 0.492 e. The lowest BCUT2D eigenvalue weighted by molar-refractivity contribution is -0.697. The number of benzene rings is 1. The van der Waals surface area contributed by atoms with Crippen molar-refractivity contribution in [2.24, 2.45) is 0 Å². The Bertz CT molecular complexity index is 1040. The number of aryl methyl sites for hydroxylation is 1. The summed E-state index contributed by atoms with van der Waals surface area (Å²) < 4.78 is 8.76. The van der Waals surface area contributed by atoms with Gasteiger partial charge in [0.25, 0.3) is 0 Å². The SMILES string of the molecule is CCCCCCCCCCCCCCCCN(Cc1ccc[n+](CCC)c1)Cc1cccc(Cl)c1OCCCCCCCCCCCCCC. The lowest BCUT2D eigenvalue weighted by Gasteiger charge is -2.24. The molecule has 0 radical (unpaired) electrons. The molecular weight excluding hydrogens is 632 g/mol. The molecule has 0 saturated heterocycles. The van der Waals surface area contributed by atoms with Crippen LogP contribution in [0.4, 0.5) is 0 Å². The van der Waals surface area contributed by atoms with Gasteiger partial charge in [0, 0.05) is 36.7 Å². The van der Waals surface area contributed by atoms with Gasteiger partial charge in [-0.05, 0) is 31.5 Å². The minimum atomic E-state index is 0.748. The Hall–Kier alpha value is -1.58. The third-order valence-corrected chi connectivity index (χ3v) is 10.6. The van der Waals surface area contributed by atoms with E-state index in [0.29, 0.717) is 0 Å². The second-order valence-electron chi connectivity index (χ2n) is 15.2. The minimum Gasteiger partial charge on any atom is -0.492 e. The van der Waals surface area contributed by atoms with Gasteiger partial charge in [-0.1, -0.05) is 199 Å². The van der Waals surface area contributed by atoms with Crippen LogP contribution in [-0.2, 0) is 19.6 Å². The van der Waals surface area contributed by atoms with Gasteiger partial charge in [0.15, 0.2) is 12.4 Å². The maximum absolute atomic E-state index is 6.77. The molecule has 1 aromatic heterocycles. The van der Waals surface area contributed by atoms with Crippen molar-refractivity contribution in [1.29, 1.82) is 0 Å². The first-order valence-electron chi connectivity index (χ1n) is 21.8. The van der Waals surface area contributed by atoms with E-state index >= 15 is 0 Å². The molecule has 0 N–H and O–H groups in total. The van der Waals surface area contributed by atoms with Gasteiger partial charge in [0.05, 0.1) is 11.6 Å². The Morgan fingerprint density at radius 3 is 1.56 bits per heavy atom. The van der Waals surface area contributed by atoms with Crippen LogP contribution in [0.25, 0.3) is 0 Å². The molecule has 0 unspecified atom stereocenters. The molecule has 1 aromatic carbocycles. The Balaban J connectivity index is 1.77. The number of ether oxygens (including phenoxy) is 1. The van der Waals surface area contributed by atoms with Crippen LogP contribution in [0.5, 0.6) is 5.75 Å². The molecule has 1 heterocycles. The molecule has 0 aliphatic heterocycles. The van der Waals surface area contributed by atoms with E-state index in [9.17, 15) is 0 Å². The maximum Gasteiger partial charge on any atom is 0.173 e. The molecule has 50 heavy (non-hydrogen) atoms. The highest BCUT2D eigenvalue weighted by Crippen LogP contribution is 2.30. The fraction of sp³-hybridized carbons (Fsp3) is 0.761. The Morgan fingerprint density at radius 1 is 0.540 bits per heavy atom. The van der Waals surface area contributed by atoms with E-state index in [1.807, 2.05) is 6.07 Å². The fourth-order valence-electron chi connectivity index (χ4n) is 7.27. The zero-order valence-electron chi connectivity index (χ0n) is 33.3. The number of pyridine rings is 1. The minimum absolute atomic E-state index is 0.748. The van der Waals surface area contributed by atoms with Gasteiger partial charge in [-0.15, -0.1) is 0 Å². The van der Waals surface area contributed by atoms with Gasteiger partial charge < -0.3 is 4.74 Å². The monoisotopic (exact) mass is 712 g/mol. The smallest absolute Gasteiger partial charge is 0.173 e. The molecule has 4 heteroatoms. The summed E-state index contributed by atoms with van der Waals surface area (Å²) in [6.07, 6.45) is 41.5. The first-order valence-corrected chi connectivity index (χ1v) is 22.2. The van der Waals surface area contributed by atoms with E-state index in [1.54, 1.807) is 0 Å². The van der Waals surface area contributed by atoms with Gasteiger partial charge in [0.2, 0.25) is 0 Å². The molecule has 0 saturated carbocycles. The highest BCUT2D eigenvalue weighted by atomic mass is 35.5. The van der Waals surface area contributed by atoms with Crippen molar-refractivity contribution >= 4 is 11.6 Å². The maximum atomic E-state index is 6.77. The number of unbranched alkanes of at least 4 members (excludes halogenated alkanes) is 24. The molecule has 2 rings (SSSR count). The van der Waals surface area contributed by atoms with Crippen LogP contribution in [0.3, 0.4) is 0 Å². The summed E-state index contributed by atoms with van der Waals surface area (Å²) in [6.45, 7) is 11.6. The Labute approximate surface area is 316 Å². The second-order valence-corrected chi connectivity index (χ2v) is 15.6. The molecule has 0 amide bonds. The summed E-state index contributed by atoms with van der Waals surface area (Å²) in [5.41, 5.74) is 2.60. The van der Waals surface area contributed by atoms with Gasteiger partial charge in [-0.25, -0.2) is 4.57 Å². The number of hydrogen-bond acceptors (Lipinski definition) is 2. The van der Waals surface area contributed by atoms with Gasteiger partial charge >= 0.3 is 0 Å². The van der Waals surface area contributed by atoms with Crippen LogP contribution in [0.2, 0.25) is 5.02 Å². The number of halogens is 1. The molecule has 2 aromatic rings. The van der Waals surface area contributed by atoms with Crippen LogP contribution >= 0.6 is 11.6 Å². The molecular formula is C46H80ClN2O+. The first-order chi connectivity index (χ1) is 24.7. The van der Waals surface area contributed by atoms with Crippen molar-refractivity contribution in [3.8, 4) is 5.75 Å². The van der Waals surface area contributed by atoms with Crippen molar-refractivity contribution in [2.45, 2.75) is 214 Å². The molecule has 3 nitrogen and oxygen atoms in total. The quantitative estimate of drug-likeness (QED) is 0.0523. The van der Waals surface area contributed by atoms with Crippen LogP contribution < -0.4 is 9.30 Å². The highest BCUT2D eigenvalue weighted by molar-refractivity contribution is 6.32. The lowest BCUT2D eigenvalue weighted by atomic mass is 10.0. The highest BCUT2D eigenvalue weighted by Gasteiger charge is 2.15. The van der Waals surface area contributed by atoms with E-state index in [4.69, 9.17) is 16.3 Å². The number of aromatic nitrogens is 1. The fourth-order valence-corrected chi connectivity index (χ4v) is 7.52. The molecule has 0 aliphatic carbocycles. The predicted octanol–water partition coefficient (Wildman–Crippen LogP) is 14.6. The van der Waals surface area contributed by atoms with E-state index in [2.05, 4.69) is 66.9 Å². The van der Waals surface area contributed by atoms with Crippen molar-refractivity contribution in [1.82, 2.24) is 4.90 Å². The van der Waals surface area contributed by atoms with Crippen LogP contribution in [-0.4, -0.2) is 18.1 Å². The third-order valence-electron chi connectivity index (χ3n) is 10.3. The van der Waals surface area contributed by atoms with Crippen molar-refractivity contribution < 1.29 is 9.30 Å². The average Bonchev–Trinajstić information content (AvgIpc) is 3.11. The summed E-state index contributed by atoms with van der Waals surface area (Å²) in [4.78, 5) is 2.62. The summed E-state index contributed by atoms with van der Waals surface area (Å²) in [6, 6.07) is 10.8. The van der Waals surface area contributed by atoms with E-state index in [0.717, 1.165) is 56.4 Å². The second kappa shape index (κ2) is 32.1. The van der Waals surface area contributed by atoms with Crippen LogP contribution in [0, 0.1) is 0 Å².